The number of fused-ring (bicyclic) bond motifs is 1. The van der Waals surface area contributed by atoms with Gasteiger partial charge in [-0.25, -0.2) is 4.98 Å². The first-order chi connectivity index (χ1) is 13.5. The number of pyridine rings is 1. The number of rotatable bonds is 5. The van der Waals surface area contributed by atoms with E-state index in [4.69, 9.17) is 9.72 Å². The molecule has 0 radical (unpaired) electrons. The first-order valence-corrected chi connectivity index (χ1v) is 9.97. The van der Waals surface area contributed by atoms with Crippen molar-refractivity contribution in [1.82, 2.24) is 14.8 Å². The lowest BCUT2D eigenvalue weighted by Gasteiger charge is -2.21. The van der Waals surface area contributed by atoms with Crippen molar-refractivity contribution in [2.75, 3.05) is 34.3 Å². The number of aryl methyl sites for hydroxylation is 1. The zero-order valence-electron chi connectivity index (χ0n) is 17.3. The summed E-state index contributed by atoms with van der Waals surface area (Å²) < 4.78 is 5.33. The van der Waals surface area contributed by atoms with Crippen LogP contribution in [-0.4, -0.2) is 55.1 Å². The molecule has 1 aliphatic heterocycles. The molecule has 1 atom stereocenters. The van der Waals surface area contributed by atoms with Crippen molar-refractivity contribution in [3.8, 4) is 17.0 Å². The number of methoxy groups -OCH3 is 1. The minimum atomic E-state index is 0.639. The molecule has 28 heavy (non-hydrogen) atoms. The number of aromatic nitrogens is 1. The largest absolute Gasteiger partial charge is 0.497 e. The van der Waals surface area contributed by atoms with Gasteiger partial charge < -0.3 is 9.64 Å². The third-order valence-corrected chi connectivity index (χ3v) is 5.79. The van der Waals surface area contributed by atoms with Crippen molar-refractivity contribution in [2.45, 2.75) is 25.9 Å². The Bertz CT molecular complexity index is 965. The van der Waals surface area contributed by atoms with Crippen molar-refractivity contribution in [3.63, 3.8) is 0 Å². The summed E-state index contributed by atoms with van der Waals surface area (Å²) in [4.78, 5) is 9.97. The second kappa shape index (κ2) is 7.90. The molecule has 1 saturated heterocycles. The van der Waals surface area contributed by atoms with Gasteiger partial charge in [0.1, 0.15) is 5.75 Å². The van der Waals surface area contributed by atoms with Crippen LogP contribution in [-0.2, 0) is 6.54 Å². The minimum absolute atomic E-state index is 0.639. The molecule has 0 bridgehead atoms. The fourth-order valence-corrected chi connectivity index (χ4v) is 4.06. The summed E-state index contributed by atoms with van der Waals surface area (Å²) in [7, 11) is 6.06. The molecule has 0 amide bonds. The summed E-state index contributed by atoms with van der Waals surface area (Å²) >= 11 is 0. The normalized spacial score (nSPS) is 17.5. The van der Waals surface area contributed by atoms with Gasteiger partial charge in [0.2, 0.25) is 0 Å². The third kappa shape index (κ3) is 3.89. The van der Waals surface area contributed by atoms with Crippen molar-refractivity contribution < 1.29 is 4.74 Å². The lowest BCUT2D eigenvalue weighted by atomic mass is 10.0. The summed E-state index contributed by atoms with van der Waals surface area (Å²) in [6.45, 7) is 5.30. The van der Waals surface area contributed by atoms with E-state index in [1.165, 1.54) is 22.9 Å². The van der Waals surface area contributed by atoms with E-state index in [-0.39, 0.29) is 0 Å². The Morgan fingerprint density at radius 2 is 1.89 bits per heavy atom. The quantitative estimate of drug-likeness (QED) is 0.663. The second-order valence-corrected chi connectivity index (χ2v) is 8.06. The van der Waals surface area contributed by atoms with E-state index < -0.39 is 0 Å². The van der Waals surface area contributed by atoms with Crippen LogP contribution in [0.4, 0.5) is 0 Å². The standard InChI is InChI=1S/C24H29N3O/c1-17-5-6-19-14-20(15-27-12-11-21(16-27)26(2)3)24(25-23(19)13-17)18-7-9-22(28-4)10-8-18/h5-10,13-14,21H,11-12,15-16H2,1-4H3/t21-/m0/s1. The highest BCUT2D eigenvalue weighted by atomic mass is 16.5. The minimum Gasteiger partial charge on any atom is -0.497 e. The van der Waals surface area contributed by atoms with Gasteiger partial charge in [-0.05, 0) is 75.0 Å². The molecular weight excluding hydrogens is 346 g/mol. The number of likely N-dealkylation sites (N-methyl/N-ethyl adjacent to an activating group) is 1. The highest BCUT2D eigenvalue weighted by Crippen LogP contribution is 2.29. The van der Waals surface area contributed by atoms with Crippen LogP contribution in [0.3, 0.4) is 0 Å². The molecule has 0 spiro atoms. The molecule has 1 aliphatic rings. The lowest BCUT2D eigenvalue weighted by Crippen LogP contribution is -2.31. The first kappa shape index (κ1) is 18.9. The summed E-state index contributed by atoms with van der Waals surface area (Å²) in [6.07, 6.45) is 1.23. The topological polar surface area (TPSA) is 28.6 Å². The maximum atomic E-state index is 5.33. The van der Waals surface area contributed by atoms with Gasteiger partial charge in [0.25, 0.3) is 0 Å². The average Bonchev–Trinajstić information content (AvgIpc) is 3.17. The predicted octanol–water partition coefficient (Wildman–Crippen LogP) is 4.35. The number of benzene rings is 2. The Hall–Kier alpha value is -2.43. The summed E-state index contributed by atoms with van der Waals surface area (Å²) in [5, 5.41) is 1.21. The monoisotopic (exact) mass is 375 g/mol. The summed E-state index contributed by atoms with van der Waals surface area (Å²) in [5.41, 5.74) is 5.81. The average molecular weight is 376 g/mol. The molecule has 4 heteroatoms. The highest BCUT2D eigenvalue weighted by molar-refractivity contribution is 5.84. The van der Waals surface area contributed by atoms with Crippen LogP contribution in [0, 0.1) is 6.92 Å². The molecule has 2 aromatic carbocycles. The molecule has 2 heterocycles. The van der Waals surface area contributed by atoms with Crippen LogP contribution in [0.15, 0.2) is 48.5 Å². The molecule has 0 saturated carbocycles. The fourth-order valence-electron chi connectivity index (χ4n) is 4.06. The van der Waals surface area contributed by atoms with Crippen LogP contribution < -0.4 is 4.74 Å². The fraction of sp³-hybridized carbons (Fsp3) is 0.375. The van der Waals surface area contributed by atoms with Gasteiger partial charge in [-0.3, -0.25) is 4.90 Å². The van der Waals surface area contributed by atoms with Crippen molar-refractivity contribution in [2.24, 2.45) is 0 Å². The zero-order valence-corrected chi connectivity index (χ0v) is 17.3. The Labute approximate surface area is 167 Å². The first-order valence-electron chi connectivity index (χ1n) is 9.97. The molecule has 4 rings (SSSR count). The van der Waals surface area contributed by atoms with Crippen LogP contribution in [0.25, 0.3) is 22.2 Å². The Morgan fingerprint density at radius 1 is 1.11 bits per heavy atom. The summed E-state index contributed by atoms with van der Waals surface area (Å²) in [5.74, 6) is 0.871. The van der Waals surface area contributed by atoms with Crippen LogP contribution in [0.1, 0.15) is 17.5 Å². The van der Waals surface area contributed by atoms with Gasteiger partial charge in [0, 0.05) is 36.6 Å². The zero-order chi connectivity index (χ0) is 19.7. The maximum Gasteiger partial charge on any atom is 0.118 e. The van der Waals surface area contributed by atoms with Crippen molar-refractivity contribution >= 4 is 10.9 Å². The molecular formula is C24H29N3O. The number of nitrogens with zero attached hydrogens (tertiary/aromatic N) is 3. The second-order valence-electron chi connectivity index (χ2n) is 8.06. The van der Waals surface area contributed by atoms with E-state index in [0.29, 0.717) is 6.04 Å². The van der Waals surface area contributed by atoms with Crippen molar-refractivity contribution in [1.29, 1.82) is 0 Å². The van der Waals surface area contributed by atoms with E-state index in [2.05, 4.69) is 67.2 Å². The van der Waals surface area contributed by atoms with E-state index in [0.717, 1.165) is 42.2 Å². The Morgan fingerprint density at radius 3 is 2.57 bits per heavy atom. The number of ether oxygens (including phenoxy) is 1. The highest BCUT2D eigenvalue weighted by Gasteiger charge is 2.25. The maximum absolute atomic E-state index is 5.33. The lowest BCUT2D eigenvalue weighted by molar-refractivity contribution is 0.265. The van der Waals surface area contributed by atoms with Gasteiger partial charge >= 0.3 is 0 Å². The predicted molar refractivity (Wildman–Crippen MR) is 116 cm³/mol. The van der Waals surface area contributed by atoms with E-state index >= 15 is 0 Å². The third-order valence-electron chi connectivity index (χ3n) is 5.79. The van der Waals surface area contributed by atoms with Gasteiger partial charge in [0.15, 0.2) is 0 Å². The van der Waals surface area contributed by atoms with Gasteiger partial charge in [-0.1, -0.05) is 12.1 Å². The number of hydrogen-bond acceptors (Lipinski definition) is 4. The molecule has 0 aliphatic carbocycles. The molecule has 4 nitrogen and oxygen atoms in total. The molecule has 146 valence electrons. The van der Waals surface area contributed by atoms with Crippen LogP contribution >= 0.6 is 0 Å². The Kier molecular flexibility index (Phi) is 5.33. The number of hydrogen-bond donors (Lipinski definition) is 0. The Balaban J connectivity index is 1.73. The van der Waals surface area contributed by atoms with Gasteiger partial charge in [0.05, 0.1) is 18.3 Å². The molecule has 1 fully saturated rings. The van der Waals surface area contributed by atoms with E-state index in [1.54, 1.807) is 7.11 Å². The smallest absolute Gasteiger partial charge is 0.118 e. The molecule has 3 aromatic rings. The molecule has 0 unspecified atom stereocenters. The number of likely N-dealkylation sites (tertiary alicyclic amines) is 1. The van der Waals surface area contributed by atoms with Crippen LogP contribution in [0.2, 0.25) is 0 Å². The summed E-state index contributed by atoms with van der Waals surface area (Å²) in [6, 6.07) is 17.7. The van der Waals surface area contributed by atoms with E-state index in [9.17, 15) is 0 Å². The SMILES string of the molecule is COc1ccc(-c2nc3cc(C)ccc3cc2CN2CC[C@H](N(C)C)C2)cc1. The molecule has 1 aromatic heterocycles. The van der Waals surface area contributed by atoms with Gasteiger partial charge in [-0.2, -0.15) is 0 Å². The van der Waals surface area contributed by atoms with Crippen LogP contribution in [0.5, 0.6) is 5.75 Å². The van der Waals surface area contributed by atoms with E-state index in [1.807, 2.05) is 12.1 Å². The van der Waals surface area contributed by atoms with Gasteiger partial charge in [-0.15, -0.1) is 0 Å². The molecule has 0 N–H and O–H groups in total. The van der Waals surface area contributed by atoms with Crippen molar-refractivity contribution in [3.05, 3.63) is 59.7 Å².